The van der Waals surface area contributed by atoms with Gasteiger partial charge < -0.3 is 0 Å². The maximum atomic E-state index is 13.1. The third-order valence-corrected chi connectivity index (χ3v) is 3.82. The quantitative estimate of drug-likeness (QED) is 0.549. The lowest BCUT2D eigenvalue weighted by atomic mass is 10.1. The van der Waals surface area contributed by atoms with Crippen molar-refractivity contribution in [3.05, 3.63) is 64.6 Å². The first-order chi connectivity index (χ1) is 9.97. The van der Waals surface area contributed by atoms with Crippen LogP contribution in [0.25, 0.3) is 22.2 Å². The molecule has 0 spiro atoms. The average Bonchev–Trinajstić information content (AvgIpc) is 2.46. The van der Waals surface area contributed by atoms with Crippen molar-refractivity contribution in [1.82, 2.24) is 4.98 Å². The molecule has 2 aromatic carbocycles. The normalized spacial score (nSPS) is 11.8. The van der Waals surface area contributed by atoms with E-state index in [9.17, 15) is 13.2 Å². The number of hydrogen-bond acceptors (Lipinski definition) is 1. The molecule has 1 nitrogen and oxygen atoms in total. The van der Waals surface area contributed by atoms with Crippen LogP contribution in [-0.4, -0.2) is 4.98 Å². The Bertz CT molecular complexity index is 798. The van der Waals surface area contributed by atoms with Gasteiger partial charge in [-0.1, -0.05) is 58.4 Å². The minimum Gasteiger partial charge on any atom is -0.247 e. The number of pyridine rings is 1. The lowest BCUT2D eigenvalue weighted by Gasteiger charge is -2.12. The Morgan fingerprint density at radius 2 is 1.62 bits per heavy atom. The number of hydrogen-bond donors (Lipinski definition) is 0. The Balaban J connectivity index is 2.32. The molecule has 0 saturated carbocycles. The maximum absolute atomic E-state index is 13.1. The van der Waals surface area contributed by atoms with E-state index in [1.807, 2.05) is 30.3 Å². The zero-order chi connectivity index (χ0) is 15.0. The molecule has 1 aromatic heterocycles. The number of benzene rings is 2. The topological polar surface area (TPSA) is 12.9 Å². The van der Waals surface area contributed by atoms with Gasteiger partial charge in [0.25, 0.3) is 0 Å². The molecule has 0 atom stereocenters. The Labute approximate surface area is 127 Å². The number of nitrogens with zero attached hydrogens (tertiary/aromatic N) is 1. The van der Waals surface area contributed by atoms with Gasteiger partial charge in [-0.15, -0.1) is 0 Å². The molecule has 3 aromatic rings. The van der Waals surface area contributed by atoms with E-state index in [0.29, 0.717) is 15.6 Å². The summed E-state index contributed by atoms with van der Waals surface area (Å²) in [5.74, 6) is 0. The third-order valence-electron chi connectivity index (χ3n) is 3.16. The van der Waals surface area contributed by atoms with Gasteiger partial charge in [0, 0.05) is 15.4 Å². The molecule has 106 valence electrons. The summed E-state index contributed by atoms with van der Waals surface area (Å²) < 4.78 is 40.0. The summed E-state index contributed by atoms with van der Waals surface area (Å²) in [5, 5.41) is 0.449. The van der Waals surface area contributed by atoms with E-state index in [4.69, 9.17) is 0 Å². The molecule has 0 saturated heterocycles. The van der Waals surface area contributed by atoms with Crippen molar-refractivity contribution in [2.45, 2.75) is 6.18 Å². The molecule has 0 radical (unpaired) electrons. The molecule has 0 unspecified atom stereocenters. The van der Waals surface area contributed by atoms with E-state index in [-0.39, 0.29) is 5.52 Å². The molecule has 0 fully saturated rings. The third kappa shape index (κ3) is 2.65. The van der Waals surface area contributed by atoms with Crippen LogP contribution in [0.3, 0.4) is 0 Å². The Morgan fingerprint density at radius 1 is 0.905 bits per heavy atom. The van der Waals surface area contributed by atoms with Crippen LogP contribution in [-0.2, 0) is 6.18 Å². The summed E-state index contributed by atoms with van der Waals surface area (Å²) >= 11 is 3.34. The molecule has 0 bridgehead atoms. The molecule has 5 heteroatoms. The highest BCUT2D eigenvalue weighted by atomic mass is 79.9. The van der Waals surface area contributed by atoms with Gasteiger partial charge in [-0.3, -0.25) is 0 Å². The number of para-hydroxylation sites is 1. The van der Waals surface area contributed by atoms with Crippen LogP contribution >= 0.6 is 15.9 Å². The van der Waals surface area contributed by atoms with E-state index in [1.165, 1.54) is 6.07 Å². The molecule has 0 aliphatic carbocycles. The van der Waals surface area contributed by atoms with Gasteiger partial charge in [0.1, 0.15) is 0 Å². The molecular weight excluding hydrogens is 343 g/mol. The summed E-state index contributed by atoms with van der Waals surface area (Å²) in [6.07, 6.45) is -4.43. The Morgan fingerprint density at radius 3 is 2.29 bits per heavy atom. The Hall–Kier alpha value is -1.88. The highest BCUT2D eigenvalue weighted by molar-refractivity contribution is 9.10. The van der Waals surface area contributed by atoms with Gasteiger partial charge in [-0.25, -0.2) is 4.98 Å². The molecule has 0 amide bonds. The summed E-state index contributed by atoms with van der Waals surface area (Å²) in [5.41, 5.74) is 0.514. The minimum atomic E-state index is -4.43. The van der Waals surface area contributed by atoms with Crippen LogP contribution < -0.4 is 0 Å². The number of aromatic nitrogens is 1. The fraction of sp³-hybridized carbons (Fsp3) is 0.0625. The van der Waals surface area contributed by atoms with Crippen LogP contribution in [0.2, 0.25) is 0 Å². The van der Waals surface area contributed by atoms with E-state index < -0.39 is 11.7 Å². The fourth-order valence-corrected chi connectivity index (χ4v) is 2.73. The largest absolute Gasteiger partial charge is 0.418 e. The van der Waals surface area contributed by atoms with Crippen molar-refractivity contribution in [3.8, 4) is 11.3 Å². The van der Waals surface area contributed by atoms with Crippen LogP contribution in [0.15, 0.2) is 59.1 Å². The minimum absolute atomic E-state index is 0.0433. The fourth-order valence-electron chi connectivity index (χ4n) is 2.19. The van der Waals surface area contributed by atoms with E-state index >= 15 is 0 Å². The van der Waals surface area contributed by atoms with Crippen LogP contribution in [0, 0.1) is 0 Å². The van der Waals surface area contributed by atoms with Crippen molar-refractivity contribution in [2.75, 3.05) is 0 Å². The summed E-state index contributed by atoms with van der Waals surface area (Å²) in [6.45, 7) is 0. The van der Waals surface area contributed by atoms with Crippen molar-refractivity contribution >= 4 is 26.8 Å². The lowest BCUT2D eigenvalue weighted by molar-refractivity contribution is -0.136. The monoisotopic (exact) mass is 351 g/mol. The predicted octanol–water partition coefficient (Wildman–Crippen LogP) is 5.68. The smallest absolute Gasteiger partial charge is 0.247 e. The van der Waals surface area contributed by atoms with Crippen molar-refractivity contribution in [3.63, 3.8) is 0 Å². The standard InChI is InChI=1S/C16H9BrF3N/c17-13-9-14(10-5-2-1-3-6-10)21-15-11(13)7-4-8-12(15)16(18,19)20/h1-9H. The zero-order valence-electron chi connectivity index (χ0n) is 10.7. The summed E-state index contributed by atoms with van der Waals surface area (Å²) in [6, 6.07) is 14.9. The highest BCUT2D eigenvalue weighted by Crippen LogP contribution is 2.37. The second-order valence-electron chi connectivity index (χ2n) is 4.55. The average molecular weight is 352 g/mol. The van der Waals surface area contributed by atoms with E-state index in [1.54, 1.807) is 12.1 Å². The number of rotatable bonds is 1. The van der Waals surface area contributed by atoms with Gasteiger partial charge in [-0.05, 0) is 12.1 Å². The van der Waals surface area contributed by atoms with Gasteiger partial charge in [-0.2, -0.15) is 13.2 Å². The van der Waals surface area contributed by atoms with Crippen LogP contribution in [0.5, 0.6) is 0 Å². The van der Waals surface area contributed by atoms with Crippen LogP contribution in [0.1, 0.15) is 5.56 Å². The second-order valence-corrected chi connectivity index (χ2v) is 5.41. The molecule has 0 N–H and O–H groups in total. The van der Waals surface area contributed by atoms with E-state index in [0.717, 1.165) is 11.6 Å². The predicted molar refractivity (Wildman–Crippen MR) is 79.9 cm³/mol. The summed E-state index contributed by atoms with van der Waals surface area (Å²) in [4.78, 5) is 4.22. The summed E-state index contributed by atoms with van der Waals surface area (Å²) in [7, 11) is 0. The van der Waals surface area contributed by atoms with Crippen LogP contribution in [0.4, 0.5) is 13.2 Å². The van der Waals surface area contributed by atoms with Crippen molar-refractivity contribution in [1.29, 1.82) is 0 Å². The van der Waals surface area contributed by atoms with Gasteiger partial charge in [0.15, 0.2) is 0 Å². The maximum Gasteiger partial charge on any atom is 0.418 e. The molecule has 3 rings (SSSR count). The SMILES string of the molecule is FC(F)(F)c1cccc2c(Br)cc(-c3ccccc3)nc12. The second kappa shape index (κ2) is 5.15. The number of halogens is 4. The number of fused-ring (bicyclic) bond motifs is 1. The van der Waals surface area contributed by atoms with Gasteiger partial charge in [0.2, 0.25) is 0 Å². The molecule has 0 aliphatic rings. The molecular formula is C16H9BrF3N. The first-order valence-corrected chi connectivity index (χ1v) is 6.98. The van der Waals surface area contributed by atoms with Crippen molar-refractivity contribution < 1.29 is 13.2 Å². The molecule has 21 heavy (non-hydrogen) atoms. The Kier molecular flexibility index (Phi) is 3.45. The molecule has 0 aliphatic heterocycles. The first-order valence-electron chi connectivity index (χ1n) is 6.19. The van der Waals surface area contributed by atoms with Gasteiger partial charge >= 0.3 is 6.18 Å². The zero-order valence-corrected chi connectivity index (χ0v) is 12.2. The highest BCUT2D eigenvalue weighted by Gasteiger charge is 2.33. The van der Waals surface area contributed by atoms with E-state index in [2.05, 4.69) is 20.9 Å². The van der Waals surface area contributed by atoms with Crippen molar-refractivity contribution in [2.24, 2.45) is 0 Å². The number of alkyl halides is 3. The molecule has 1 heterocycles. The lowest BCUT2D eigenvalue weighted by Crippen LogP contribution is -2.06. The van der Waals surface area contributed by atoms with Gasteiger partial charge in [0.05, 0.1) is 16.8 Å². The first kappa shape index (κ1) is 14.1.